The maximum absolute atomic E-state index is 12.7. The Morgan fingerprint density at radius 2 is 1.44 bits per heavy atom. The summed E-state index contributed by atoms with van der Waals surface area (Å²) in [5.74, 6) is 1.29. The van der Waals surface area contributed by atoms with E-state index in [-0.39, 0.29) is 15.9 Å². The smallest absolute Gasteiger partial charge is 0.263 e. The van der Waals surface area contributed by atoms with Crippen molar-refractivity contribution in [2.75, 3.05) is 18.9 Å². The van der Waals surface area contributed by atoms with Gasteiger partial charge in [-0.3, -0.25) is 4.72 Å². The number of nitrogens with one attached hydrogen (secondary N) is 1. The molecule has 0 amide bonds. The number of benzene rings is 2. The highest BCUT2D eigenvalue weighted by Gasteiger charge is 2.20. The largest absolute Gasteiger partial charge is 0.497 e. The van der Waals surface area contributed by atoms with Crippen LogP contribution < -0.4 is 14.2 Å². The molecule has 1 heterocycles. The molecule has 2 aromatic carbocycles. The van der Waals surface area contributed by atoms with Crippen molar-refractivity contribution >= 4 is 27.4 Å². The van der Waals surface area contributed by atoms with E-state index in [4.69, 9.17) is 21.1 Å². The SMILES string of the molecule is COc1ccc(-c2c(Cl)ncnc2NS(=O)(=O)c2ccc(OC)cc2)cc1. The fraction of sp³-hybridized carbons (Fsp3) is 0.111. The fourth-order valence-electron chi connectivity index (χ4n) is 2.40. The number of nitrogens with zero attached hydrogens (tertiary/aromatic N) is 2. The molecular formula is C18H16ClN3O4S. The summed E-state index contributed by atoms with van der Waals surface area (Å²) < 4.78 is 38.1. The monoisotopic (exact) mass is 405 g/mol. The predicted octanol–water partition coefficient (Wildman–Crippen LogP) is 3.62. The van der Waals surface area contributed by atoms with Crippen LogP contribution in [0.15, 0.2) is 59.8 Å². The Morgan fingerprint density at radius 3 is 2.00 bits per heavy atom. The van der Waals surface area contributed by atoms with E-state index in [1.807, 2.05) is 0 Å². The van der Waals surface area contributed by atoms with E-state index in [1.165, 1.54) is 25.6 Å². The quantitative estimate of drug-likeness (QED) is 0.630. The molecule has 1 N–H and O–H groups in total. The number of aromatic nitrogens is 2. The minimum absolute atomic E-state index is 0.0683. The van der Waals surface area contributed by atoms with Crippen molar-refractivity contribution < 1.29 is 17.9 Å². The van der Waals surface area contributed by atoms with Gasteiger partial charge in [0, 0.05) is 0 Å². The third kappa shape index (κ3) is 4.12. The molecule has 1 aromatic heterocycles. The molecule has 0 aliphatic carbocycles. The molecular weight excluding hydrogens is 390 g/mol. The van der Waals surface area contributed by atoms with E-state index < -0.39 is 10.0 Å². The van der Waals surface area contributed by atoms with E-state index in [2.05, 4.69) is 14.7 Å². The second-order valence-corrected chi connectivity index (χ2v) is 7.44. The normalized spacial score (nSPS) is 11.1. The Balaban J connectivity index is 2.00. The average Bonchev–Trinajstić information content (AvgIpc) is 2.68. The Hall–Kier alpha value is -2.84. The number of anilines is 1. The van der Waals surface area contributed by atoms with Crippen molar-refractivity contribution in [2.45, 2.75) is 4.90 Å². The van der Waals surface area contributed by atoms with Gasteiger partial charge in [0.05, 0.1) is 24.7 Å². The van der Waals surface area contributed by atoms with Gasteiger partial charge in [-0.2, -0.15) is 0 Å². The van der Waals surface area contributed by atoms with Crippen LogP contribution in [0.4, 0.5) is 5.82 Å². The first-order chi connectivity index (χ1) is 12.9. The average molecular weight is 406 g/mol. The lowest BCUT2D eigenvalue weighted by molar-refractivity contribution is 0.414. The topological polar surface area (TPSA) is 90.4 Å². The lowest BCUT2D eigenvalue weighted by Gasteiger charge is -2.13. The molecule has 0 unspecified atom stereocenters. The highest BCUT2D eigenvalue weighted by atomic mass is 35.5. The van der Waals surface area contributed by atoms with Crippen molar-refractivity contribution in [1.82, 2.24) is 9.97 Å². The molecule has 7 nitrogen and oxygen atoms in total. The van der Waals surface area contributed by atoms with Gasteiger partial charge in [-0.25, -0.2) is 18.4 Å². The van der Waals surface area contributed by atoms with E-state index >= 15 is 0 Å². The third-order valence-electron chi connectivity index (χ3n) is 3.78. The first-order valence-electron chi connectivity index (χ1n) is 7.76. The highest BCUT2D eigenvalue weighted by molar-refractivity contribution is 7.92. The van der Waals surface area contributed by atoms with Crippen LogP contribution in [-0.2, 0) is 10.0 Å². The van der Waals surface area contributed by atoms with Crippen molar-refractivity contribution in [2.24, 2.45) is 0 Å². The van der Waals surface area contributed by atoms with Gasteiger partial charge in [0.15, 0.2) is 5.82 Å². The molecule has 0 saturated heterocycles. The van der Waals surface area contributed by atoms with Crippen LogP contribution in [0.3, 0.4) is 0 Å². The molecule has 0 saturated carbocycles. The summed E-state index contributed by atoms with van der Waals surface area (Å²) in [5, 5.41) is 0.127. The van der Waals surface area contributed by atoms with Gasteiger partial charge in [0.1, 0.15) is 23.0 Å². The molecule has 0 spiro atoms. The number of ether oxygens (including phenoxy) is 2. The summed E-state index contributed by atoms with van der Waals surface area (Å²) in [6.07, 6.45) is 1.20. The van der Waals surface area contributed by atoms with Crippen LogP contribution in [0.5, 0.6) is 11.5 Å². The summed E-state index contributed by atoms with van der Waals surface area (Å²) in [7, 11) is -0.814. The molecule has 3 rings (SSSR count). The van der Waals surface area contributed by atoms with E-state index in [1.54, 1.807) is 43.5 Å². The minimum atomic E-state index is -3.88. The number of rotatable bonds is 6. The lowest BCUT2D eigenvalue weighted by Crippen LogP contribution is -2.15. The molecule has 27 heavy (non-hydrogen) atoms. The second-order valence-electron chi connectivity index (χ2n) is 5.40. The number of halogens is 1. The summed E-state index contributed by atoms with van der Waals surface area (Å²) in [6.45, 7) is 0. The van der Waals surface area contributed by atoms with Crippen LogP contribution in [0.25, 0.3) is 11.1 Å². The Labute approximate surface area is 162 Å². The van der Waals surface area contributed by atoms with Gasteiger partial charge < -0.3 is 9.47 Å². The Bertz CT molecular complexity index is 1040. The molecule has 140 valence electrons. The fourth-order valence-corrected chi connectivity index (χ4v) is 3.66. The Kier molecular flexibility index (Phi) is 5.48. The standard InChI is InChI=1S/C18H16ClN3O4S/c1-25-13-5-3-12(4-6-13)16-17(19)20-11-21-18(16)22-27(23,24)15-9-7-14(26-2)8-10-15/h3-11H,1-2H3,(H,20,21,22). The Morgan fingerprint density at radius 1 is 0.889 bits per heavy atom. The summed E-state index contributed by atoms with van der Waals surface area (Å²) in [6, 6.07) is 13.0. The lowest BCUT2D eigenvalue weighted by atomic mass is 10.1. The number of hydrogen-bond acceptors (Lipinski definition) is 6. The van der Waals surface area contributed by atoms with Gasteiger partial charge in [0.25, 0.3) is 10.0 Å². The first-order valence-corrected chi connectivity index (χ1v) is 9.62. The van der Waals surface area contributed by atoms with Gasteiger partial charge in [-0.1, -0.05) is 23.7 Å². The zero-order chi connectivity index (χ0) is 19.4. The van der Waals surface area contributed by atoms with Crippen molar-refractivity contribution in [3.63, 3.8) is 0 Å². The maximum Gasteiger partial charge on any atom is 0.263 e. The van der Waals surface area contributed by atoms with Crippen LogP contribution in [0.2, 0.25) is 5.15 Å². The summed E-state index contributed by atoms with van der Waals surface area (Å²) >= 11 is 6.22. The number of methoxy groups -OCH3 is 2. The van der Waals surface area contributed by atoms with E-state index in [9.17, 15) is 8.42 Å². The number of sulfonamides is 1. The molecule has 0 radical (unpaired) electrons. The molecule has 0 atom stereocenters. The van der Waals surface area contributed by atoms with E-state index in [0.717, 1.165) is 0 Å². The van der Waals surface area contributed by atoms with E-state index in [0.29, 0.717) is 22.6 Å². The molecule has 0 aliphatic rings. The zero-order valence-corrected chi connectivity index (χ0v) is 16.1. The van der Waals surface area contributed by atoms with Gasteiger partial charge in [-0.15, -0.1) is 0 Å². The molecule has 0 bridgehead atoms. The highest BCUT2D eigenvalue weighted by Crippen LogP contribution is 2.34. The van der Waals surface area contributed by atoms with Crippen molar-refractivity contribution in [3.8, 4) is 22.6 Å². The predicted molar refractivity (Wildman–Crippen MR) is 103 cm³/mol. The third-order valence-corrected chi connectivity index (χ3v) is 5.42. The van der Waals surface area contributed by atoms with Crippen LogP contribution >= 0.6 is 11.6 Å². The summed E-state index contributed by atoms with van der Waals surface area (Å²) in [4.78, 5) is 8.09. The van der Waals surface area contributed by atoms with Crippen LogP contribution in [0.1, 0.15) is 0 Å². The van der Waals surface area contributed by atoms with Crippen molar-refractivity contribution in [3.05, 3.63) is 60.0 Å². The molecule has 9 heteroatoms. The maximum atomic E-state index is 12.7. The zero-order valence-electron chi connectivity index (χ0n) is 14.5. The van der Waals surface area contributed by atoms with Crippen LogP contribution in [-0.4, -0.2) is 32.6 Å². The molecule has 3 aromatic rings. The minimum Gasteiger partial charge on any atom is -0.497 e. The summed E-state index contributed by atoms with van der Waals surface area (Å²) in [5.41, 5.74) is 1.02. The second kappa shape index (κ2) is 7.81. The first kappa shape index (κ1) is 18.9. The van der Waals surface area contributed by atoms with Crippen LogP contribution in [0, 0.1) is 0 Å². The van der Waals surface area contributed by atoms with Gasteiger partial charge >= 0.3 is 0 Å². The molecule has 0 fully saturated rings. The van der Waals surface area contributed by atoms with Crippen molar-refractivity contribution in [1.29, 1.82) is 0 Å². The van der Waals surface area contributed by atoms with Gasteiger partial charge in [0.2, 0.25) is 0 Å². The van der Waals surface area contributed by atoms with Gasteiger partial charge in [-0.05, 0) is 42.0 Å². The number of hydrogen-bond donors (Lipinski definition) is 1. The molecule has 0 aliphatic heterocycles.